The van der Waals surface area contributed by atoms with Gasteiger partial charge in [-0.1, -0.05) is 43.7 Å². The summed E-state index contributed by atoms with van der Waals surface area (Å²) in [7, 11) is 0. The minimum Gasteiger partial charge on any atom is -0.480 e. The molecule has 2 atom stereocenters. The number of fused-ring (bicyclic) bond motifs is 1. The maximum atomic E-state index is 12.7. The number of carbonyl (C=O) groups is 2. The lowest BCUT2D eigenvalue weighted by Gasteiger charge is -2.20. The van der Waals surface area contributed by atoms with E-state index >= 15 is 0 Å². The maximum absolute atomic E-state index is 12.7. The number of hydrogen-bond acceptors (Lipinski definition) is 5. The van der Waals surface area contributed by atoms with E-state index in [0.717, 1.165) is 30.2 Å². The van der Waals surface area contributed by atoms with Gasteiger partial charge in [0.1, 0.15) is 11.3 Å². The lowest BCUT2D eigenvalue weighted by Crippen LogP contribution is -2.41. The van der Waals surface area contributed by atoms with Crippen LogP contribution in [0, 0.1) is 6.92 Å². The van der Waals surface area contributed by atoms with E-state index in [9.17, 15) is 19.5 Å². The van der Waals surface area contributed by atoms with Crippen LogP contribution in [-0.4, -0.2) is 23.1 Å². The zero-order valence-corrected chi connectivity index (χ0v) is 18.4. The highest BCUT2D eigenvalue weighted by atomic mass is 16.5. The highest BCUT2D eigenvalue weighted by molar-refractivity contribution is 5.88. The van der Waals surface area contributed by atoms with Crippen molar-refractivity contribution in [3.05, 3.63) is 75.6 Å². The number of hydrogen-bond donors (Lipinski definition) is 2. The number of benzene rings is 2. The van der Waals surface area contributed by atoms with Crippen LogP contribution in [0.15, 0.2) is 57.7 Å². The summed E-state index contributed by atoms with van der Waals surface area (Å²) in [6, 6.07) is 12.3. The molecule has 7 nitrogen and oxygen atoms in total. The minimum atomic E-state index is -1.19. The summed E-state index contributed by atoms with van der Waals surface area (Å²) in [6.45, 7) is 5.39. The average molecular weight is 437 g/mol. The Morgan fingerprint density at radius 1 is 1.16 bits per heavy atom. The minimum absolute atomic E-state index is 0.391. The molecule has 1 heterocycles. The zero-order chi connectivity index (χ0) is 23.3. The van der Waals surface area contributed by atoms with Crippen molar-refractivity contribution >= 4 is 22.8 Å². The van der Waals surface area contributed by atoms with E-state index in [1.165, 1.54) is 13.0 Å². The van der Waals surface area contributed by atoms with Crippen molar-refractivity contribution in [2.75, 3.05) is 0 Å². The van der Waals surface area contributed by atoms with Gasteiger partial charge in [-0.15, -0.1) is 0 Å². The van der Waals surface area contributed by atoms with E-state index in [1.807, 2.05) is 6.07 Å². The van der Waals surface area contributed by atoms with E-state index in [1.54, 1.807) is 43.3 Å². The molecule has 1 unspecified atom stereocenters. The molecule has 3 aromatic rings. The number of carbonyl (C=O) groups excluding carboxylic acids is 1. The number of carboxylic acid groups (broad SMARTS) is 1. The van der Waals surface area contributed by atoms with E-state index in [-0.39, 0.29) is 0 Å². The van der Waals surface area contributed by atoms with Crippen molar-refractivity contribution in [1.29, 1.82) is 0 Å². The van der Waals surface area contributed by atoms with Crippen LogP contribution in [0.5, 0.6) is 5.75 Å². The van der Waals surface area contributed by atoms with Gasteiger partial charge in [0.05, 0.1) is 0 Å². The average Bonchev–Trinajstić information content (AvgIpc) is 2.78. The Labute approximate surface area is 186 Å². The standard InChI is InChI=1S/C25H27NO6/c1-4-5-9-18-14-21(27)32-23-15(2)20(13-12-19(18)23)31-16(3)24(28)26-22(25(29)30)17-10-7-6-8-11-17/h6-8,10-14,16,22H,4-5,9H2,1-3H3,(H,26,28)(H,29,30)/t16?,22-/m1/s1. The molecule has 1 aromatic heterocycles. The number of aliphatic carboxylic acids is 1. The van der Waals surface area contributed by atoms with Gasteiger partial charge in [-0.05, 0) is 49.9 Å². The van der Waals surface area contributed by atoms with E-state index in [0.29, 0.717) is 22.5 Å². The summed E-state index contributed by atoms with van der Waals surface area (Å²) < 4.78 is 11.3. The normalized spacial score (nSPS) is 12.8. The number of carboxylic acids is 1. The van der Waals surface area contributed by atoms with Gasteiger partial charge in [0.15, 0.2) is 12.1 Å². The molecule has 0 fully saturated rings. The van der Waals surface area contributed by atoms with E-state index < -0.39 is 29.6 Å². The molecule has 0 spiro atoms. The molecule has 0 bridgehead atoms. The van der Waals surface area contributed by atoms with E-state index in [2.05, 4.69) is 12.2 Å². The third-order valence-electron chi connectivity index (χ3n) is 5.34. The van der Waals surface area contributed by atoms with Gasteiger partial charge >= 0.3 is 11.6 Å². The highest BCUT2D eigenvalue weighted by Gasteiger charge is 2.26. The second kappa shape index (κ2) is 10.1. The fourth-order valence-electron chi connectivity index (χ4n) is 3.55. The summed E-state index contributed by atoms with van der Waals surface area (Å²) in [5, 5.41) is 12.9. The maximum Gasteiger partial charge on any atom is 0.336 e. The molecule has 0 saturated heterocycles. The van der Waals surface area contributed by atoms with Crippen LogP contribution in [0.4, 0.5) is 0 Å². The largest absolute Gasteiger partial charge is 0.480 e. The number of rotatable bonds is 9. The Bertz CT molecular complexity index is 1170. The van der Waals surface area contributed by atoms with Crippen molar-refractivity contribution in [2.24, 2.45) is 0 Å². The Balaban J connectivity index is 1.82. The molecule has 2 aromatic carbocycles. The van der Waals surface area contributed by atoms with E-state index in [4.69, 9.17) is 9.15 Å². The van der Waals surface area contributed by atoms with Crippen LogP contribution in [-0.2, 0) is 16.0 Å². The Morgan fingerprint density at radius 2 is 1.88 bits per heavy atom. The summed E-state index contributed by atoms with van der Waals surface area (Å²) in [4.78, 5) is 36.4. The van der Waals surface area contributed by atoms with Crippen LogP contribution >= 0.6 is 0 Å². The SMILES string of the molecule is CCCCc1cc(=O)oc2c(C)c(OC(C)C(=O)N[C@@H](C(=O)O)c3ccccc3)ccc12. The van der Waals surface area contributed by atoms with Gasteiger partial charge in [0, 0.05) is 17.0 Å². The molecule has 1 amide bonds. The molecule has 0 aliphatic rings. The third-order valence-corrected chi connectivity index (χ3v) is 5.34. The van der Waals surface area contributed by atoms with Gasteiger partial charge < -0.3 is 19.6 Å². The van der Waals surface area contributed by atoms with Gasteiger partial charge in [-0.25, -0.2) is 9.59 Å². The monoisotopic (exact) mass is 437 g/mol. The zero-order valence-electron chi connectivity index (χ0n) is 18.4. The highest BCUT2D eigenvalue weighted by Crippen LogP contribution is 2.30. The Hall–Kier alpha value is -3.61. The first-order valence-corrected chi connectivity index (χ1v) is 10.6. The van der Waals surface area contributed by atoms with Gasteiger partial charge in [0.2, 0.25) is 0 Å². The fourth-order valence-corrected chi connectivity index (χ4v) is 3.55. The molecule has 7 heteroatoms. The first-order valence-electron chi connectivity index (χ1n) is 10.6. The molecular formula is C25H27NO6. The van der Waals surface area contributed by atoms with Gasteiger partial charge in [-0.2, -0.15) is 0 Å². The van der Waals surface area contributed by atoms with Crippen molar-refractivity contribution in [2.45, 2.75) is 52.2 Å². The van der Waals surface area contributed by atoms with Gasteiger partial charge in [0.25, 0.3) is 5.91 Å². The van der Waals surface area contributed by atoms with Gasteiger partial charge in [-0.3, -0.25) is 4.79 Å². The Kier molecular flexibility index (Phi) is 7.30. The van der Waals surface area contributed by atoms with Crippen LogP contribution < -0.4 is 15.7 Å². The van der Waals surface area contributed by atoms with Crippen molar-refractivity contribution in [1.82, 2.24) is 5.32 Å². The topological polar surface area (TPSA) is 106 Å². The molecular weight excluding hydrogens is 410 g/mol. The van der Waals surface area contributed by atoms with Crippen LogP contribution in [0.2, 0.25) is 0 Å². The lowest BCUT2D eigenvalue weighted by atomic mass is 10.0. The number of amides is 1. The van der Waals surface area contributed by atoms with Crippen molar-refractivity contribution < 1.29 is 23.8 Å². The predicted octanol–water partition coefficient (Wildman–Crippen LogP) is 4.15. The quantitative estimate of drug-likeness (QED) is 0.487. The van der Waals surface area contributed by atoms with Crippen LogP contribution in [0.25, 0.3) is 11.0 Å². The Morgan fingerprint density at radius 3 is 2.53 bits per heavy atom. The smallest absolute Gasteiger partial charge is 0.336 e. The fraction of sp³-hybridized carbons (Fsp3) is 0.320. The van der Waals surface area contributed by atoms with Crippen molar-refractivity contribution in [3.63, 3.8) is 0 Å². The van der Waals surface area contributed by atoms with Crippen LogP contribution in [0.1, 0.15) is 49.4 Å². The number of unbranched alkanes of at least 4 members (excludes halogenated alkanes) is 1. The summed E-state index contributed by atoms with van der Waals surface area (Å²) in [6.07, 6.45) is 1.77. The van der Waals surface area contributed by atoms with Crippen LogP contribution in [0.3, 0.4) is 0 Å². The molecule has 0 saturated carbocycles. The molecule has 0 aliphatic carbocycles. The summed E-state index contributed by atoms with van der Waals surface area (Å²) in [5.74, 6) is -1.35. The molecule has 0 radical (unpaired) electrons. The number of ether oxygens (including phenoxy) is 1. The molecule has 32 heavy (non-hydrogen) atoms. The molecule has 2 N–H and O–H groups in total. The number of nitrogens with one attached hydrogen (secondary N) is 1. The molecule has 3 rings (SSSR count). The first-order chi connectivity index (χ1) is 15.3. The predicted molar refractivity (Wildman–Crippen MR) is 121 cm³/mol. The first kappa shape index (κ1) is 23.1. The second-order valence-corrected chi connectivity index (χ2v) is 7.71. The second-order valence-electron chi connectivity index (χ2n) is 7.71. The summed E-state index contributed by atoms with van der Waals surface area (Å²) in [5.41, 5.74) is 1.99. The lowest BCUT2D eigenvalue weighted by molar-refractivity contribution is -0.143. The third kappa shape index (κ3) is 5.17. The van der Waals surface area contributed by atoms with Crippen molar-refractivity contribution in [3.8, 4) is 5.75 Å². The molecule has 0 aliphatic heterocycles. The summed E-state index contributed by atoms with van der Waals surface area (Å²) >= 11 is 0. The molecule has 168 valence electrons. The number of aryl methyl sites for hydroxylation is 2.